The predicted octanol–water partition coefficient (Wildman–Crippen LogP) is 4.59. The Morgan fingerprint density at radius 1 is 1.10 bits per heavy atom. The summed E-state index contributed by atoms with van der Waals surface area (Å²) in [5, 5.41) is 10.9. The van der Waals surface area contributed by atoms with Crippen LogP contribution in [0.5, 0.6) is 0 Å². The highest BCUT2D eigenvalue weighted by atomic mass is 19.4. The zero-order valence-electron chi connectivity index (χ0n) is 10.4. The molecule has 20 heavy (non-hydrogen) atoms. The molecule has 0 aliphatic heterocycles. The zero-order valence-corrected chi connectivity index (χ0v) is 10.4. The van der Waals surface area contributed by atoms with Gasteiger partial charge in [-0.1, -0.05) is 24.3 Å². The van der Waals surface area contributed by atoms with Gasteiger partial charge in [0, 0.05) is 6.07 Å². The molecule has 0 aliphatic rings. The highest BCUT2D eigenvalue weighted by Gasteiger charge is 2.32. The van der Waals surface area contributed by atoms with Gasteiger partial charge in [0.05, 0.1) is 16.1 Å². The molecule has 104 valence electrons. The third-order valence-electron chi connectivity index (χ3n) is 2.95. The van der Waals surface area contributed by atoms with Crippen molar-refractivity contribution < 1.29 is 18.1 Å². The summed E-state index contributed by atoms with van der Waals surface area (Å²) in [6.45, 7) is 1.35. The highest BCUT2D eigenvalue weighted by molar-refractivity contribution is 5.74. The molecule has 0 radical (unpaired) electrons. The van der Waals surface area contributed by atoms with E-state index >= 15 is 0 Å². The van der Waals surface area contributed by atoms with Gasteiger partial charge in [-0.15, -0.1) is 0 Å². The Kier molecular flexibility index (Phi) is 3.48. The monoisotopic (exact) mass is 281 g/mol. The molecule has 0 unspecified atom stereocenters. The van der Waals surface area contributed by atoms with Gasteiger partial charge in [-0.2, -0.15) is 13.2 Å². The second-order valence-corrected chi connectivity index (χ2v) is 4.30. The Morgan fingerprint density at radius 2 is 1.75 bits per heavy atom. The van der Waals surface area contributed by atoms with Gasteiger partial charge in [0.2, 0.25) is 0 Å². The molecule has 0 fully saturated rings. The van der Waals surface area contributed by atoms with Gasteiger partial charge in [0.15, 0.2) is 0 Å². The van der Waals surface area contributed by atoms with Gasteiger partial charge < -0.3 is 0 Å². The van der Waals surface area contributed by atoms with Gasteiger partial charge in [-0.3, -0.25) is 10.1 Å². The topological polar surface area (TPSA) is 43.1 Å². The maximum absolute atomic E-state index is 12.9. The summed E-state index contributed by atoms with van der Waals surface area (Å²) < 4.78 is 38.6. The predicted molar refractivity (Wildman–Crippen MR) is 68.3 cm³/mol. The normalized spacial score (nSPS) is 11.4. The fraction of sp³-hybridized carbons (Fsp3) is 0.143. The molecular formula is C14H10F3NO2. The van der Waals surface area contributed by atoms with Gasteiger partial charge in [-0.05, 0) is 30.2 Å². The van der Waals surface area contributed by atoms with Crippen molar-refractivity contribution in [1.82, 2.24) is 0 Å². The maximum atomic E-state index is 12.9. The molecule has 2 aromatic rings. The van der Waals surface area contributed by atoms with E-state index in [1.807, 2.05) is 0 Å². The van der Waals surface area contributed by atoms with Crippen molar-refractivity contribution in [2.45, 2.75) is 13.1 Å². The third-order valence-corrected chi connectivity index (χ3v) is 2.95. The Bertz CT molecular complexity index is 666. The summed E-state index contributed by atoms with van der Waals surface area (Å²) in [6, 6.07) is 9.43. The number of alkyl halides is 3. The summed E-state index contributed by atoms with van der Waals surface area (Å²) in [7, 11) is 0. The van der Waals surface area contributed by atoms with Crippen molar-refractivity contribution in [2.24, 2.45) is 0 Å². The lowest BCUT2D eigenvalue weighted by atomic mass is 9.98. The summed E-state index contributed by atoms with van der Waals surface area (Å²) >= 11 is 0. The van der Waals surface area contributed by atoms with Crippen LogP contribution in [0, 0.1) is 17.0 Å². The number of aryl methyl sites for hydroxylation is 1. The number of para-hydroxylation sites is 1. The SMILES string of the molecule is Cc1ccc(-c2ccccc2[N+](=O)[O-])cc1C(F)(F)F. The van der Waals surface area contributed by atoms with Crippen LogP contribution in [0.4, 0.5) is 18.9 Å². The van der Waals surface area contributed by atoms with Crippen LogP contribution < -0.4 is 0 Å². The van der Waals surface area contributed by atoms with E-state index in [-0.39, 0.29) is 22.4 Å². The first kappa shape index (κ1) is 14.0. The molecule has 0 aliphatic carbocycles. The number of nitrogens with zero attached hydrogens (tertiary/aromatic N) is 1. The number of hydrogen-bond donors (Lipinski definition) is 0. The lowest BCUT2D eigenvalue weighted by molar-refractivity contribution is -0.384. The molecule has 0 amide bonds. The summed E-state index contributed by atoms with van der Waals surface area (Å²) in [5.74, 6) is 0. The van der Waals surface area contributed by atoms with Crippen LogP contribution in [-0.4, -0.2) is 4.92 Å². The van der Waals surface area contributed by atoms with Crippen LogP contribution in [0.1, 0.15) is 11.1 Å². The van der Waals surface area contributed by atoms with Crippen molar-refractivity contribution in [3.63, 3.8) is 0 Å². The number of halogens is 3. The van der Waals surface area contributed by atoms with E-state index < -0.39 is 16.7 Å². The number of rotatable bonds is 2. The minimum atomic E-state index is -4.48. The largest absolute Gasteiger partial charge is 0.416 e. The van der Waals surface area contributed by atoms with Crippen LogP contribution >= 0.6 is 0 Å². The molecule has 0 atom stereocenters. The van der Waals surface area contributed by atoms with Gasteiger partial charge >= 0.3 is 6.18 Å². The Hall–Kier alpha value is -2.37. The van der Waals surface area contributed by atoms with Crippen LogP contribution in [0.2, 0.25) is 0 Å². The Balaban J connectivity index is 2.63. The molecule has 3 nitrogen and oxygen atoms in total. The highest BCUT2D eigenvalue weighted by Crippen LogP contribution is 2.36. The molecule has 0 spiro atoms. The van der Waals surface area contributed by atoms with Gasteiger partial charge in [0.1, 0.15) is 0 Å². The smallest absolute Gasteiger partial charge is 0.258 e. The van der Waals surface area contributed by atoms with Gasteiger partial charge in [-0.25, -0.2) is 0 Å². The van der Waals surface area contributed by atoms with Crippen LogP contribution in [0.3, 0.4) is 0 Å². The van der Waals surface area contributed by atoms with E-state index in [4.69, 9.17) is 0 Å². The molecule has 0 heterocycles. The molecule has 0 bridgehead atoms. The third kappa shape index (κ3) is 2.64. The van der Waals surface area contributed by atoms with Crippen LogP contribution in [0.25, 0.3) is 11.1 Å². The number of nitro benzene ring substituents is 1. The Morgan fingerprint density at radius 3 is 2.35 bits per heavy atom. The minimum absolute atomic E-state index is 0.0832. The fourth-order valence-corrected chi connectivity index (χ4v) is 1.97. The van der Waals surface area contributed by atoms with E-state index in [9.17, 15) is 23.3 Å². The average molecular weight is 281 g/mol. The second-order valence-electron chi connectivity index (χ2n) is 4.30. The van der Waals surface area contributed by atoms with Crippen molar-refractivity contribution in [2.75, 3.05) is 0 Å². The molecule has 2 aromatic carbocycles. The van der Waals surface area contributed by atoms with E-state index in [0.717, 1.165) is 6.07 Å². The molecule has 0 N–H and O–H groups in total. The Labute approximate surface area is 112 Å². The first-order valence-electron chi connectivity index (χ1n) is 5.72. The van der Waals surface area contributed by atoms with Gasteiger partial charge in [0.25, 0.3) is 5.69 Å². The first-order chi connectivity index (χ1) is 9.30. The molecular weight excluding hydrogens is 271 g/mol. The van der Waals surface area contributed by atoms with Crippen molar-refractivity contribution in [3.8, 4) is 11.1 Å². The maximum Gasteiger partial charge on any atom is 0.416 e. The standard InChI is InChI=1S/C14H10F3NO2/c1-9-6-7-10(8-12(9)14(15,16)17)11-4-2-3-5-13(11)18(19)20/h2-8H,1H3. The summed E-state index contributed by atoms with van der Waals surface area (Å²) in [6.07, 6.45) is -4.48. The molecule has 0 aromatic heterocycles. The second kappa shape index (κ2) is 4.96. The number of hydrogen-bond acceptors (Lipinski definition) is 2. The molecule has 0 saturated carbocycles. The molecule has 0 saturated heterocycles. The lowest BCUT2D eigenvalue weighted by Gasteiger charge is -2.12. The van der Waals surface area contributed by atoms with E-state index in [0.29, 0.717) is 0 Å². The van der Waals surface area contributed by atoms with Crippen LogP contribution in [0.15, 0.2) is 42.5 Å². The first-order valence-corrected chi connectivity index (χ1v) is 5.72. The van der Waals surface area contributed by atoms with E-state index in [2.05, 4.69) is 0 Å². The average Bonchev–Trinajstić information content (AvgIpc) is 2.38. The minimum Gasteiger partial charge on any atom is -0.258 e. The van der Waals surface area contributed by atoms with Crippen molar-refractivity contribution in [3.05, 3.63) is 63.7 Å². The van der Waals surface area contributed by atoms with E-state index in [1.165, 1.54) is 37.3 Å². The van der Waals surface area contributed by atoms with Crippen molar-refractivity contribution >= 4 is 5.69 Å². The summed E-state index contributed by atoms with van der Waals surface area (Å²) in [5.41, 5.74) is -0.573. The van der Waals surface area contributed by atoms with Crippen molar-refractivity contribution in [1.29, 1.82) is 0 Å². The molecule has 6 heteroatoms. The number of benzene rings is 2. The number of nitro groups is 1. The quantitative estimate of drug-likeness (QED) is 0.597. The lowest BCUT2D eigenvalue weighted by Crippen LogP contribution is -2.07. The fourth-order valence-electron chi connectivity index (χ4n) is 1.97. The van der Waals surface area contributed by atoms with E-state index in [1.54, 1.807) is 6.07 Å². The summed E-state index contributed by atoms with van der Waals surface area (Å²) in [4.78, 5) is 10.3. The zero-order chi connectivity index (χ0) is 14.9. The molecule has 2 rings (SSSR count). The van der Waals surface area contributed by atoms with Crippen LogP contribution in [-0.2, 0) is 6.18 Å².